The fourth-order valence-corrected chi connectivity index (χ4v) is 4.35. The number of nitrogens with zero attached hydrogens (tertiary/aromatic N) is 5. The molecule has 0 radical (unpaired) electrons. The van der Waals surface area contributed by atoms with Crippen molar-refractivity contribution in [1.82, 2.24) is 19.6 Å². The summed E-state index contributed by atoms with van der Waals surface area (Å²) in [5.41, 5.74) is 3.91. The third-order valence-electron chi connectivity index (χ3n) is 5.87. The zero-order valence-electron chi connectivity index (χ0n) is 17.4. The van der Waals surface area contributed by atoms with Crippen LogP contribution < -0.4 is 4.90 Å². The summed E-state index contributed by atoms with van der Waals surface area (Å²) in [5.74, 6) is 0.469. The summed E-state index contributed by atoms with van der Waals surface area (Å²) in [5, 5.41) is 14.7. The number of carbonyl (C=O) groups is 1. The number of carboxylic acid groups (broad SMARTS) is 1. The molecule has 0 spiro atoms. The van der Waals surface area contributed by atoms with E-state index in [1.807, 2.05) is 36.6 Å². The number of fused-ring (bicyclic) bond motifs is 1. The quantitative estimate of drug-likeness (QED) is 0.723. The highest BCUT2D eigenvalue weighted by molar-refractivity contribution is 5.76. The van der Waals surface area contributed by atoms with Crippen LogP contribution in [0.5, 0.6) is 0 Å². The van der Waals surface area contributed by atoms with E-state index in [-0.39, 0.29) is 5.92 Å². The summed E-state index contributed by atoms with van der Waals surface area (Å²) < 4.78 is 1.89. The van der Waals surface area contributed by atoms with Gasteiger partial charge in [0.1, 0.15) is 5.82 Å². The standard InChI is InChI=1S/C22H27N5O2/c1-14(2)19-15(3)24-18-12-17(16-6-9-23-10-7-16)25-27(18)20(19)26-11-5-8-22(4,13-26)21(28)29/h6-7,9-10,12,14H,5,8,11,13H2,1-4H3,(H,28,29). The molecule has 1 aliphatic rings. The summed E-state index contributed by atoms with van der Waals surface area (Å²) in [6.07, 6.45) is 5.02. The lowest BCUT2D eigenvalue weighted by atomic mass is 9.81. The van der Waals surface area contributed by atoms with Crippen molar-refractivity contribution in [2.45, 2.75) is 46.5 Å². The van der Waals surface area contributed by atoms with Gasteiger partial charge in [-0.3, -0.25) is 9.78 Å². The maximum Gasteiger partial charge on any atom is 0.311 e. The molecule has 0 aliphatic carbocycles. The maximum atomic E-state index is 11.9. The number of anilines is 1. The molecule has 0 amide bonds. The monoisotopic (exact) mass is 393 g/mol. The topological polar surface area (TPSA) is 83.6 Å². The van der Waals surface area contributed by atoms with Crippen molar-refractivity contribution >= 4 is 17.4 Å². The van der Waals surface area contributed by atoms with E-state index in [9.17, 15) is 9.90 Å². The summed E-state index contributed by atoms with van der Waals surface area (Å²) in [4.78, 5) is 23.0. The van der Waals surface area contributed by atoms with Crippen molar-refractivity contribution in [2.75, 3.05) is 18.0 Å². The molecule has 3 aromatic heterocycles. The molecule has 1 atom stereocenters. The predicted molar refractivity (Wildman–Crippen MR) is 112 cm³/mol. The highest BCUT2D eigenvalue weighted by Crippen LogP contribution is 2.37. The van der Waals surface area contributed by atoms with Gasteiger partial charge in [-0.1, -0.05) is 13.8 Å². The highest BCUT2D eigenvalue weighted by atomic mass is 16.4. The van der Waals surface area contributed by atoms with Crippen LogP contribution in [0.25, 0.3) is 16.9 Å². The molecule has 0 bridgehead atoms. The van der Waals surface area contributed by atoms with Crippen LogP contribution >= 0.6 is 0 Å². The fraction of sp³-hybridized carbons (Fsp3) is 0.455. The first-order chi connectivity index (χ1) is 13.8. The van der Waals surface area contributed by atoms with Crippen molar-refractivity contribution in [1.29, 1.82) is 0 Å². The molecule has 0 saturated carbocycles. The Morgan fingerprint density at radius 1 is 1.28 bits per heavy atom. The second-order valence-electron chi connectivity index (χ2n) is 8.52. The number of piperidine rings is 1. The third-order valence-corrected chi connectivity index (χ3v) is 5.87. The van der Waals surface area contributed by atoms with Gasteiger partial charge in [0.25, 0.3) is 0 Å². The lowest BCUT2D eigenvalue weighted by molar-refractivity contribution is -0.148. The van der Waals surface area contributed by atoms with Gasteiger partial charge in [0.2, 0.25) is 0 Å². The fourth-order valence-electron chi connectivity index (χ4n) is 4.35. The molecule has 1 aliphatic heterocycles. The van der Waals surface area contributed by atoms with Gasteiger partial charge < -0.3 is 10.0 Å². The average Bonchev–Trinajstić information content (AvgIpc) is 3.10. The molecule has 3 aromatic rings. The third kappa shape index (κ3) is 3.34. The molecule has 0 aromatic carbocycles. The van der Waals surface area contributed by atoms with E-state index in [2.05, 4.69) is 23.7 Å². The lowest BCUT2D eigenvalue weighted by Gasteiger charge is -2.40. The number of rotatable bonds is 4. The minimum atomic E-state index is -0.767. The Morgan fingerprint density at radius 3 is 2.66 bits per heavy atom. The van der Waals surface area contributed by atoms with Crippen molar-refractivity contribution in [2.24, 2.45) is 5.41 Å². The number of aromatic nitrogens is 4. The van der Waals surface area contributed by atoms with Gasteiger partial charge in [-0.05, 0) is 44.7 Å². The first-order valence-corrected chi connectivity index (χ1v) is 10.1. The average molecular weight is 393 g/mol. The summed E-state index contributed by atoms with van der Waals surface area (Å²) in [7, 11) is 0. The van der Waals surface area contributed by atoms with E-state index in [0.29, 0.717) is 13.0 Å². The van der Waals surface area contributed by atoms with E-state index in [4.69, 9.17) is 10.1 Å². The van der Waals surface area contributed by atoms with Crippen LogP contribution in [0, 0.1) is 12.3 Å². The SMILES string of the molecule is Cc1nc2cc(-c3ccncc3)nn2c(N2CCCC(C)(C(=O)O)C2)c1C(C)C. The number of aliphatic carboxylic acids is 1. The molecule has 1 N–H and O–H groups in total. The molecular formula is C22H27N5O2. The van der Waals surface area contributed by atoms with Crippen molar-refractivity contribution in [3.63, 3.8) is 0 Å². The first-order valence-electron chi connectivity index (χ1n) is 10.1. The van der Waals surface area contributed by atoms with Crippen LogP contribution in [0.1, 0.15) is 50.8 Å². The number of pyridine rings is 1. The second kappa shape index (κ2) is 7.13. The predicted octanol–water partition coefficient (Wildman–Crippen LogP) is 3.91. The van der Waals surface area contributed by atoms with Gasteiger partial charge in [-0.2, -0.15) is 9.61 Å². The van der Waals surface area contributed by atoms with Crippen LogP contribution in [0.15, 0.2) is 30.6 Å². The van der Waals surface area contributed by atoms with Crippen LogP contribution in [0.3, 0.4) is 0 Å². The summed E-state index contributed by atoms with van der Waals surface area (Å²) in [6, 6.07) is 5.84. The van der Waals surface area contributed by atoms with Gasteiger partial charge in [-0.15, -0.1) is 0 Å². The van der Waals surface area contributed by atoms with Crippen molar-refractivity contribution in [3.8, 4) is 11.3 Å². The Hall–Kier alpha value is -2.96. The van der Waals surface area contributed by atoms with E-state index >= 15 is 0 Å². The second-order valence-corrected chi connectivity index (χ2v) is 8.52. The normalized spacial score (nSPS) is 19.8. The molecule has 7 nitrogen and oxygen atoms in total. The minimum Gasteiger partial charge on any atom is -0.481 e. The molecule has 152 valence electrons. The Labute approximate surface area is 170 Å². The number of aryl methyl sites for hydroxylation is 1. The van der Waals surface area contributed by atoms with Gasteiger partial charge in [0.15, 0.2) is 5.65 Å². The summed E-state index contributed by atoms with van der Waals surface area (Å²) in [6.45, 7) is 9.43. The first kappa shape index (κ1) is 19.4. The molecule has 29 heavy (non-hydrogen) atoms. The molecule has 1 fully saturated rings. The van der Waals surface area contributed by atoms with Crippen molar-refractivity contribution < 1.29 is 9.90 Å². The molecule has 7 heteroatoms. The Morgan fingerprint density at radius 2 is 2.00 bits per heavy atom. The number of hydrogen-bond acceptors (Lipinski definition) is 5. The van der Waals surface area contributed by atoms with Gasteiger partial charge in [-0.25, -0.2) is 4.98 Å². The van der Waals surface area contributed by atoms with Crippen LogP contribution in [0.2, 0.25) is 0 Å². The number of hydrogen-bond donors (Lipinski definition) is 1. The largest absolute Gasteiger partial charge is 0.481 e. The zero-order chi connectivity index (χ0) is 20.8. The van der Waals surface area contributed by atoms with Crippen LogP contribution in [0.4, 0.5) is 5.82 Å². The van der Waals surface area contributed by atoms with E-state index in [0.717, 1.165) is 46.9 Å². The number of carboxylic acids is 1. The molecule has 1 saturated heterocycles. The Bertz CT molecular complexity index is 1060. The van der Waals surface area contributed by atoms with Gasteiger partial charge >= 0.3 is 5.97 Å². The van der Waals surface area contributed by atoms with Crippen LogP contribution in [-0.2, 0) is 4.79 Å². The Balaban J connectivity index is 1.91. The van der Waals surface area contributed by atoms with E-state index < -0.39 is 11.4 Å². The Kier molecular flexibility index (Phi) is 4.76. The smallest absolute Gasteiger partial charge is 0.311 e. The molecule has 1 unspecified atom stereocenters. The summed E-state index contributed by atoms with van der Waals surface area (Å²) >= 11 is 0. The van der Waals surface area contributed by atoms with Gasteiger partial charge in [0.05, 0.1) is 11.1 Å². The van der Waals surface area contributed by atoms with Crippen molar-refractivity contribution in [3.05, 3.63) is 41.9 Å². The maximum absolute atomic E-state index is 11.9. The highest BCUT2D eigenvalue weighted by Gasteiger charge is 2.39. The molecule has 4 heterocycles. The lowest BCUT2D eigenvalue weighted by Crippen LogP contribution is -2.47. The zero-order valence-corrected chi connectivity index (χ0v) is 17.4. The minimum absolute atomic E-state index is 0.244. The van der Waals surface area contributed by atoms with Crippen LogP contribution in [-0.4, -0.2) is 43.7 Å². The van der Waals surface area contributed by atoms with E-state index in [1.54, 1.807) is 12.4 Å². The van der Waals surface area contributed by atoms with Gasteiger partial charge in [0, 0.05) is 48.4 Å². The van der Waals surface area contributed by atoms with E-state index in [1.165, 1.54) is 0 Å². The molecule has 4 rings (SSSR count). The molecular weight excluding hydrogens is 366 g/mol.